The number of benzene rings is 1. The third-order valence-electron chi connectivity index (χ3n) is 3.30. The van der Waals surface area contributed by atoms with Gasteiger partial charge in [-0.2, -0.15) is 0 Å². The van der Waals surface area contributed by atoms with Crippen LogP contribution < -0.4 is 9.39 Å². The van der Waals surface area contributed by atoms with Gasteiger partial charge in [0.2, 0.25) is 0 Å². The molecule has 6 nitrogen and oxygen atoms in total. The molecule has 0 saturated heterocycles. The molecule has 0 saturated carbocycles. The van der Waals surface area contributed by atoms with Gasteiger partial charge in [-0.3, -0.25) is 0 Å². The van der Waals surface area contributed by atoms with Crippen molar-refractivity contribution in [3.05, 3.63) is 28.7 Å². The first-order valence-corrected chi connectivity index (χ1v) is 5.72. The minimum absolute atomic E-state index is 0.0856. The molecule has 2 heterocycles. The van der Waals surface area contributed by atoms with Crippen LogP contribution in [0.4, 0.5) is 0 Å². The molecule has 0 fully saturated rings. The van der Waals surface area contributed by atoms with E-state index in [1.54, 1.807) is 12.1 Å². The van der Waals surface area contributed by atoms with E-state index in [-0.39, 0.29) is 17.1 Å². The van der Waals surface area contributed by atoms with E-state index in [4.69, 9.17) is 14.1 Å². The third kappa shape index (κ3) is 1.70. The first kappa shape index (κ1) is 12.1. The summed E-state index contributed by atoms with van der Waals surface area (Å²) in [7, 11) is 0.215. The number of carbonyl (C=O) groups is 1. The maximum atomic E-state index is 11.4. The maximum absolute atomic E-state index is 11.4. The van der Waals surface area contributed by atoms with Crippen molar-refractivity contribution < 1.29 is 29.1 Å². The standard InChI is InChI=1S/C12H11BO6/c1-17-9-3-2-6-7-4-18-5-8(7)13(16)19-11(6)10(9)12(14)15/h2-3,16H,4-5H2,1H3,(H,14,15). The summed E-state index contributed by atoms with van der Waals surface area (Å²) in [5, 5.41) is 19.2. The summed E-state index contributed by atoms with van der Waals surface area (Å²) in [6, 6.07) is 3.29. The molecule has 3 rings (SSSR count). The zero-order valence-corrected chi connectivity index (χ0v) is 10.2. The lowest BCUT2D eigenvalue weighted by molar-refractivity contribution is 0.0691. The summed E-state index contributed by atoms with van der Waals surface area (Å²) < 4.78 is 15.6. The van der Waals surface area contributed by atoms with Gasteiger partial charge in [-0.05, 0) is 17.7 Å². The Morgan fingerprint density at radius 2 is 2.21 bits per heavy atom. The molecule has 1 aromatic rings. The number of carboxylic acids is 1. The van der Waals surface area contributed by atoms with Crippen LogP contribution in [0.2, 0.25) is 0 Å². The van der Waals surface area contributed by atoms with Crippen molar-refractivity contribution in [2.75, 3.05) is 20.3 Å². The van der Waals surface area contributed by atoms with E-state index in [2.05, 4.69) is 0 Å². The molecule has 98 valence electrons. The molecular formula is C12H11BO6. The fourth-order valence-corrected chi connectivity index (χ4v) is 2.39. The summed E-state index contributed by atoms with van der Waals surface area (Å²) in [6.07, 6.45) is 0. The molecule has 0 aromatic heterocycles. The van der Waals surface area contributed by atoms with E-state index in [9.17, 15) is 14.9 Å². The second-order valence-electron chi connectivity index (χ2n) is 4.29. The van der Waals surface area contributed by atoms with Gasteiger partial charge in [0, 0.05) is 11.0 Å². The van der Waals surface area contributed by atoms with E-state index in [0.29, 0.717) is 24.2 Å². The molecule has 2 N–H and O–H groups in total. The zero-order valence-electron chi connectivity index (χ0n) is 10.2. The predicted molar refractivity (Wildman–Crippen MR) is 66.3 cm³/mol. The van der Waals surface area contributed by atoms with Gasteiger partial charge in [0.15, 0.2) is 0 Å². The molecule has 2 aliphatic rings. The minimum atomic E-state index is -1.17. The molecule has 7 heteroatoms. The van der Waals surface area contributed by atoms with Crippen LogP contribution in [0.25, 0.3) is 5.57 Å². The van der Waals surface area contributed by atoms with Crippen LogP contribution in [0.1, 0.15) is 15.9 Å². The SMILES string of the molecule is COc1ccc2c(c1C(=O)O)OB(O)C1=C2COC1. The Bertz CT molecular complexity index is 594. The van der Waals surface area contributed by atoms with E-state index >= 15 is 0 Å². The molecule has 0 amide bonds. The Morgan fingerprint density at radius 1 is 1.42 bits per heavy atom. The monoisotopic (exact) mass is 262 g/mol. The smallest absolute Gasteiger partial charge is 0.531 e. The van der Waals surface area contributed by atoms with Crippen molar-refractivity contribution in [3.8, 4) is 11.5 Å². The molecule has 0 unspecified atom stereocenters. The van der Waals surface area contributed by atoms with Crippen molar-refractivity contribution in [1.29, 1.82) is 0 Å². The lowest BCUT2D eigenvalue weighted by Gasteiger charge is -2.23. The van der Waals surface area contributed by atoms with Gasteiger partial charge in [0.25, 0.3) is 0 Å². The molecule has 0 atom stereocenters. The fourth-order valence-electron chi connectivity index (χ4n) is 2.39. The van der Waals surface area contributed by atoms with Crippen LogP contribution in [-0.2, 0) is 4.74 Å². The summed E-state index contributed by atoms with van der Waals surface area (Å²) in [4.78, 5) is 11.4. The molecule has 0 radical (unpaired) electrons. The summed E-state index contributed by atoms with van der Waals surface area (Å²) in [6.45, 7) is 0.637. The maximum Gasteiger partial charge on any atom is 0.558 e. The third-order valence-corrected chi connectivity index (χ3v) is 3.30. The van der Waals surface area contributed by atoms with Gasteiger partial charge in [0.05, 0.1) is 20.3 Å². The van der Waals surface area contributed by atoms with Gasteiger partial charge in [-0.15, -0.1) is 0 Å². The number of hydrogen-bond donors (Lipinski definition) is 2. The van der Waals surface area contributed by atoms with Crippen molar-refractivity contribution in [1.82, 2.24) is 0 Å². The van der Waals surface area contributed by atoms with Crippen LogP contribution in [0.3, 0.4) is 0 Å². The lowest BCUT2D eigenvalue weighted by Crippen LogP contribution is -2.31. The quantitative estimate of drug-likeness (QED) is 0.758. The Labute approximate surface area is 109 Å². The van der Waals surface area contributed by atoms with Crippen LogP contribution in [0.5, 0.6) is 11.5 Å². The lowest BCUT2D eigenvalue weighted by atomic mass is 9.72. The minimum Gasteiger partial charge on any atom is -0.531 e. The Morgan fingerprint density at radius 3 is 2.89 bits per heavy atom. The van der Waals surface area contributed by atoms with E-state index < -0.39 is 13.1 Å². The van der Waals surface area contributed by atoms with Crippen LogP contribution in [-0.4, -0.2) is 43.5 Å². The van der Waals surface area contributed by atoms with Crippen LogP contribution >= 0.6 is 0 Å². The average Bonchev–Trinajstić information content (AvgIpc) is 2.87. The van der Waals surface area contributed by atoms with E-state index in [0.717, 1.165) is 5.57 Å². The van der Waals surface area contributed by atoms with Gasteiger partial charge in [0.1, 0.15) is 17.1 Å². The molecule has 19 heavy (non-hydrogen) atoms. The van der Waals surface area contributed by atoms with Gasteiger partial charge in [-0.1, -0.05) is 0 Å². The Kier molecular flexibility index (Phi) is 2.72. The van der Waals surface area contributed by atoms with Crippen LogP contribution in [0, 0.1) is 0 Å². The fraction of sp³-hybridized carbons (Fsp3) is 0.250. The van der Waals surface area contributed by atoms with Gasteiger partial charge >= 0.3 is 13.1 Å². The van der Waals surface area contributed by atoms with Gasteiger partial charge in [-0.25, -0.2) is 4.79 Å². The normalized spacial score (nSPS) is 16.8. The summed E-state index contributed by atoms with van der Waals surface area (Å²) in [5.74, 6) is -0.839. The van der Waals surface area contributed by atoms with Gasteiger partial charge < -0.3 is 24.3 Å². The number of rotatable bonds is 2. The highest BCUT2D eigenvalue weighted by Crippen LogP contribution is 2.42. The van der Waals surface area contributed by atoms with E-state index in [1.807, 2.05) is 0 Å². The van der Waals surface area contributed by atoms with Crippen molar-refractivity contribution in [3.63, 3.8) is 0 Å². The number of ether oxygens (including phenoxy) is 2. The first-order valence-electron chi connectivity index (χ1n) is 5.72. The predicted octanol–water partition coefficient (Wildman–Crippen LogP) is 0.589. The highest BCUT2D eigenvalue weighted by atomic mass is 16.5. The topological polar surface area (TPSA) is 85.2 Å². The summed E-state index contributed by atoms with van der Waals surface area (Å²) >= 11 is 0. The highest BCUT2D eigenvalue weighted by Gasteiger charge is 2.38. The van der Waals surface area contributed by atoms with Crippen molar-refractivity contribution >= 4 is 18.7 Å². The molecule has 0 spiro atoms. The molecule has 2 aliphatic heterocycles. The van der Waals surface area contributed by atoms with Crippen molar-refractivity contribution in [2.45, 2.75) is 0 Å². The number of hydrogen-bond acceptors (Lipinski definition) is 5. The van der Waals surface area contributed by atoms with E-state index in [1.165, 1.54) is 7.11 Å². The van der Waals surface area contributed by atoms with Crippen LogP contribution in [0.15, 0.2) is 17.6 Å². The second-order valence-corrected chi connectivity index (χ2v) is 4.29. The Balaban J connectivity index is 2.25. The first-order chi connectivity index (χ1) is 9.13. The zero-order chi connectivity index (χ0) is 13.6. The van der Waals surface area contributed by atoms with Crippen molar-refractivity contribution in [2.24, 2.45) is 0 Å². The molecular weight excluding hydrogens is 251 g/mol. The molecule has 1 aromatic carbocycles. The largest absolute Gasteiger partial charge is 0.558 e. The number of aromatic carboxylic acids is 1. The summed E-state index contributed by atoms with van der Waals surface area (Å²) in [5.41, 5.74) is 1.99. The average molecular weight is 262 g/mol. The number of carboxylic acid groups (broad SMARTS) is 1. The highest BCUT2D eigenvalue weighted by molar-refractivity contribution is 6.56. The Hall–Kier alpha value is -1.99. The molecule has 0 bridgehead atoms. The molecule has 0 aliphatic carbocycles. The number of fused-ring (bicyclic) bond motifs is 2. The second kappa shape index (κ2) is 4.29. The number of methoxy groups -OCH3 is 1.